The van der Waals surface area contributed by atoms with E-state index >= 15 is 0 Å². The van der Waals surface area contributed by atoms with Gasteiger partial charge in [0.2, 0.25) is 0 Å². The van der Waals surface area contributed by atoms with Crippen LogP contribution in [0.4, 0.5) is 5.69 Å². The molecule has 0 unspecified atom stereocenters. The number of nitrogens with zero attached hydrogens (tertiary/aromatic N) is 1. The van der Waals surface area contributed by atoms with Crippen molar-refractivity contribution in [2.75, 3.05) is 0 Å². The Morgan fingerprint density at radius 2 is 1.78 bits per heavy atom. The molecule has 0 fully saturated rings. The van der Waals surface area contributed by atoms with E-state index in [1.807, 2.05) is 24.3 Å². The molecule has 0 aromatic heterocycles. The number of rotatable bonds is 4. The molecule has 0 amide bonds. The summed E-state index contributed by atoms with van der Waals surface area (Å²) in [5.41, 5.74) is 6.84. The van der Waals surface area contributed by atoms with E-state index in [0.717, 1.165) is 15.4 Å². The van der Waals surface area contributed by atoms with E-state index in [1.54, 1.807) is 23.9 Å². The van der Waals surface area contributed by atoms with E-state index in [0.29, 0.717) is 6.54 Å². The van der Waals surface area contributed by atoms with Gasteiger partial charge in [-0.1, -0.05) is 30.0 Å². The van der Waals surface area contributed by atoms with Gasteiger partial charge in [-0.15, -0.1) is 0 Å². The molecular formula is C13H12N2O2S. The number of nitrogens with two attached hydrogens (primary N) is 1. The fraction of sp³-hybridized carbons (Fsp3) is 0.0769. The summed E-state index contributed by atoms with van der Waals surface area (Å²) in [5, 5.41) is 10.6. The van der Waals surface area contributed by atoms with Gasteiger partial charge in [-0.05, 0) is 23.8 Å². The summed E-state index contributed by atoms with van der Waals surface area (Å²) in [5.74, 6) is 0. The Morgan fingerprint density at radius 3 is 2.39 bits per heavy atom. The summed E-state index contributed by atoms with van der Waals surface area (Å²) in [6, 6.07) is 14.4. The van der Waals surface area contributed by atoms with Crippen LogP contribution < -0.4 is 5.73 Å². The minimum atomic E-state index is -0.401. The van der Waals surface area contributed by atoms with Crippen LogP contribution in [0.15, 0.2) is 58.3 Å². The van der Waals surface area contributed by atoms with Crippen LogP contribution in [0.3, 0.4) is 0 Å². The Bertz CT molecular complexity index is 555. The smallest absolute Gasteiger partial charge is 0.269 e. The van der Waals surface area contributed by atoms with Crippen molar-refractivity contribution in [1.29, 1.82) is 0 Å². The Balaban J connectivity index is 2.21. The fourth-order valence-electron chi connectivity index (χ4n) is 1.53. The van der Waals surface area contributed by atoms with Gasteiger partial charge in [0.25, 0.3) is 5.69 Å². The monoisotopic (exact) mass is 260 g/mol. The highest BCUT2D eigenvalue weighted by atomic mass is 32.2. The Labute approximate surface area is 109 Å². The van der Waals surface area contributed by atoms with Gasteiger partial charge in [0, 0.05) is 28.5 Å². The molecule has 0 spiro atoms. The van der Waals surface area contributed by atoms with Gasteiger partial charge in [-0.3, -0.25) is 10.1 Å². The first kappa shape index (κ1) is 12.6. The molecular weight excluding hydrogens is 248 g/mol. The minimum absolute atomic E-state index is 0.103. The van der Waals surface area contributed by atoms with Gasteiger partial charge in [-0.25, -0.2) is 0 Å². The molecule has 0 heterocycles. The van der Waals surface area contributed by atoms with Crippen molar-refractivity contribution < 1.29 is 4.92 Å². The van der Waals surface area contributed by atoms with Crippen molar-refractivity contribution >= 4 is 17.4 Å². The Morgan fingerprint density at radius 1 is 1.11 bits per heavy atom. The normalized spacial score (nSPS) is 10.3. The van der Waals surface area contributed by atoms with Crippen molar-refractivity contribution in [2.45, 2.75) is 16.3 Å². The van der Waals surface area contributed by atoms with E-state index < -0.39 is 4.92 Å². The second-order valence-electron chi connectivity index (χ2n) is 3.66. The summed E-state index contributed by atoms with van der Waals surface area (Å²) in [6.07, 6.45) is 0. The molecule has 2 rings (SSSR count). The lowest BCUT2D eigenvalue weighted by Gasteiger charge is -2.06. The predicted octanol–water partition coefficient (Wildman–Crippen LogP) is 3.20. The zero-order valence-corrected chi connectivity index (χ0v) is 10.4. The van der Waals surface area contributed by atoms with Crippen molar-refractivity contribution in [1.82, 2.24) is 0 Å². The first-order valence-electron chi connectivity index (χ1n) is 5.41. The first-order chi connectivity index (χ1) is 8.70. The minimum Gasteiger partial charge on any atom is -0.326 e. The van der Waals surface area contributed by atoms with Crippen LogP contribution >= 0.6 is 11.8 Å². The topological polar surface area (TPSA) is 69.2 Å². The molecule has 0 aliphatic carbocycles. The summed E-state index contributed by atoms with van der Waals surface area (Å²) in [4.78, 5) is 12.2. The number of hydrogen-bond acceptors (Lipinski definition) is 4. The molecule has 0 aliphatic heterocycles. The maximum Gasteiger partial charge on any atom is 0.269 e. The van der Waals surface area contributed by atoms with Crippen LogP contribution in [0.25, 0.3) is 0 Å². The van der Waals surface area contributed by atoms with E-state index in [-0.39, 0.29) is 5.69 Å². The summed E-state index contributed by atoms with van der Waals surface area (Å²) in [6.45, 7) is 0.482. The molecule has 2 N–H and O–H groups in total. The van der Waals surface area contributed by atoms with Crippen molar-refractivity contribution in [3.8, 4) is 0 Å². The maximum absolute atomic E-state index is 10.6. The third kappa shape index (κ3) is 2.88. The highest BCUT2D eigenvalue weighted by Gasteiger charge is 2.06. The van der Waals surface area contributed by atoms with Crippen LogP contribution in [0, 0.1) is 10.1 Å². The number of nitro benzene ring substituents is 1. The van der Waals surface area contributed by atoms with Crippen LogP contribution in [-0.2, 0) is 6.54 Å². The third-order valence-electron chi connectivity index (χ3n) is 2.47. The van der Waals surface area contributed by atoms with E-state index in [4.69, 9.17) is 5.73 Å². The van der Waals surface area contributed by atoms with Gasteiger partial charge in [0.1, 0.15) is 0 Å². The Kier molecular flexibility index (Phi) is 3.96. The standard InChI is InChI=1S/C13H12N2O2S/c14-9-10-3-1-2-4-13(10)18-12-7-5-11(6-8-12)15(16)17/h1-8H,9,14H2. The lowest BCUT2D eigenvalue weighted by atomic mass is 10.2. The molecule has 0 radical (unpaired) electrons. The Hall–Kier alpha value is -1.85. The lowest BCUT2D eigenvalue weighted by molar-refractivity contribution is -0.384. The summed E-state index contributed by atoms with van der Waals surface area (Å²) >= 11 is 1.56. The molecule has 18 heavy (non-hydrogen) atoms. The van der Waals surface area contributed by atoms with E-state index in [1.165, 1.54) is 12.1 Å². The summed E-state index contributed by atoms with van der Waals surface area (Å²) in [7, 11) is 0. The van der Waals surface area contributed by atoms with Gasteiger partial charge >= 0.3 is 0 Å². The van der Waals surface area contributed by atoms with Crippen molar-refractivity contribution in [2.24, 2.45) is 5.73 Å². The molecule has 0 aliphatic rings. The molecule has 0 bridgehead atoms. The van der Waals surface area contributed by atoms with E-state index in [9.17, 15) is 10.1 Å². The first-order valence-corrected chi connectivity index (χ1v) is 6.22. The number of hydrogen-bond donors (Lipinski definition) is 1. The highest BCUT2D eigenvalue weighted by molar-refractivity contribution is 7.99. The van der Waals surface area contributed by atoms with Crippen molar-refractivity contribution in [3.63, 3.8) is 0 Å². The van der Waals surface area contributed by atoms with Gasteiger partial charge in [-0.2, -0.15) is 0 Å². The van der Waals surface area contributed by atoms with Gasteiger partial charge in [0.15, 0.2) is 0 Å². The second kappa shape index (κ2) is 5.66. The number of benzene rings is 2. The number of non-ortho nitro benzene ring substituents is 1. The number of nitro groups is 1. The van der Waals surface area contributed by atoms with Crippen LogP contribution in [0.5, 0.6) is 0 Å². The van der Waals surface area contributed by atoms with Crippen LogP contribution in [-0.4, -0.2) is 4.92 Å². The molecule has 0 saturated heterocycles. The molecule has 0 atom stereocenters. The van der Waals surface area contributed by atoms with Crippen LogP contribution in [0.1, 0.15) is 5.56 Å². The fourth-order valence-corrected chi connectivity index (χ4v) is 2.49. The maximum atomic E-state index is 10.6. The molecule has 2 aromatic rings. The zero-order chi connectivity index (χ0) is 13.0. The average molecular weight is 260 g/mol. The highest BCUT2D eigenvalue weighted by Crippen LogP contribution is 2.31. The summed E-state index contributed by atoms with van der Waals surface area (Å²) < 4.78 is 0. The van der Waals surface area contributed by atoms with Crippen LogP contribution in [0.2, 0.25) is 0 Å². The molecule has 92 valence electrons. The van der Waals surface area contributed by atoms with E-state index in [2.05, 4.69) is 0 Å². The second-order valence-corrected chi connectivity index (χ2v) is 4.78. The average Bonchev–Trinajstić information content (AvgIpc) is 2.40. The molecule has 2 aromatic carbocycles. The molecule has 0 saturated carbocycles. The van der Waals surface area contributed by atoms with Gasteiger partial charge < -0.3 is 5.73 Å². The zero-order valence-electron chi connectivity index (χ0n) is 9.58. The predicted molar refractivity (Wildman–Crippen MR) is 71.6 cm³/mol. The molecule has 4 nitrogen and oxygen atoms in total. The van der Waals surface area contributed by atoms with Crippen molar-refractivity contribution in [3.05, 3.63) is 64.2 Å². The SMILES string of the molecule is NCc1ccccc1Sc1ccc([N+](=O)[O-])cc1. The molecule has 5 heteroatoms. The quantitative estimate of drug-likeness (QED) is 0.677. The van der Waals surface area contributed by atoms with Gasteiger partial charge in [0.05, 0.1) is 4.92 Å². The third-order valence-corrected chi connectivity index (χ3v) is 3.59. The lowest BCUT2D eigenvalue weighted by Crippen LogP contribution is -1.97. The largest absolute Gasteiger partial charge is 0.326 e.